The molecule has 6 nitrogen and oxygen atoms in total. The molecule has 0 aromatic carbocycles. The topological polar surface area (TPSA) is 85.1 Å². The molecule has 6 heteroatoms. The van der Waals surface area contributed by atoms with Crippen molar-refractivity contribution >= 4 is 17.3 Å². The largest absolute Gasteiger partial charge is 0.393 e. The molecule has 4 N–H and O–H groups in total. The molecule has 0 fully saturated rings. The Hall–Kier alpha value is -1.56. The van der Waals surface area contributed by atoms with Crippen LogP contribution in [0.15, 0.2) is 6.33 Å². The van der Waals surface area contributed by atoms with Gasteiger partial charge in [-0.2, -0.15) is 0 Å². The van der Waals surface area contributed by atoms with E-state index < -0.39 is 0 Å². The first-order valence-corrected chi connectivity index (χ1v) is 5.36. The van der Waals surface area contributed by atoms with Gasteiger partial charge in [0.1, 0.15) is 12.0 Å². The van der Waals surface area contributed by atoms with Crippen molar-refractivity contribution in [2.75, 3.05) is 43.2 Å². The number of nitrogen functional groups attached to an aromatic ring is 1. The number of anilines is 3. The number of hydrogen-bond acceptors (Lipinski definition) is 6. The van der Waals surface area contributed by atoms with Crippen molar-refractivity contribution < 1.29 is 4.74 Å². The third kappa shape index (κ3) is 3.54. The van der Waals surface area contributed by atoms with E-state index in [4.69, 9.17) is 10.5 Å². The van der Waals surface area contributed by atoms with E-state index in [9.17, 15) is 0 Å². The van der Waals surface area contributed by atoms with Gasteiger partial charge in [0.05, 0.1) is 0 Å². The van der Waals surface area contributed by atoms with Gasteiger partial charge in [0.15, 0.2) is 11.6 Å². The second-order valence-corrected chi connectivity index (χ2v) is 3.29. The first-order chi connectivity index (χ1) is 7.79. The summed E-state index contributed by atoms with van der Waals surface area (Å²) >= 11 is 0. The summed E-state index contributed by atoms with van der Waals surface area (Å²) in [6.45, 7) is 4.27. The molecule has 1 heterocycles. The second kappa shape index (κ2) is 6.84. The molecule has 0 aliphatic carbocycles. The third-order valence-electron chi connectivity index (χ3n) is 2.05. The van der Waals surface area contributed by atoms with Crippen molar-refractivity contribution in [1.82, 2.24) is 9.97 Å². The molecule has 0 saturated heterocycles. The molecule has 0 radical (unpaired) electrons. The highest BCUT2D eigenvalue weighted by molar-refractivity contribution is 5.73. The minimum Gasteiger partial charge on any atom is -0.393 e. The lowest BCUT2D eigenvalue weighted by molar-refractivity contribution is 0.198. The third-order valence-corrected chi connectivity index (χ3v) is 2.05. The molecule has 0 aliphatic rings. The van der Waals surface area contributed by atoms with E-state index in [-0.39, 0.29) is 0 Å². The molecule has 1 rings (SSSR count). The van der Waals surface area contributed by atoms with Crippen LogP contribution in [0.1, 0.15) is 13.3 Å². The van der Waals surface area contributed by atoms with E-state index >= 15 is 0 Å². The molecule has 16 heavy (non-hydrogen) atoms. The average molecular weight is 225 g/mol. The highest BCUT2D eigenvalue weighted by atomic mass is 16.5. The number of nitrogens with two attached hydrogens (primary N) is 1. The Balaban J connectivity index is 2.55. The monoisotopic (exact) mass is 225 g/mol. The highest BCUT2D eigenvalue weighted by Gasteiger charge is 2.05. The zero-order valence-electron chi connectivity index (χ0n) is 9.79. The van der Waals surface area contributed by atoms with Crippen molar-refractivity contribution in [2.45, 2.75) is 13.3 Å². The average Bonchev–Trinajstić information content (AvgIpc) is 2.29. The molecular formula is C10H19N5O. The van der Waals surface area contributed by atoms with E-state index in [1.807, 2.05) is 6.92 Å². The molecule has 1 aromatic heterocycles. The molecule has 90 valence electrons. The van der Waals surface area contributed by atoms with Crippen LogP contribution in [0.4, 0.5) is 17.3 Å². The summed E-state index contributed by atoms with van der Waals surface area (Å²) in [5, 5.41) is 6.23. The number of methoxy groups -OCH3 is 1. The summed E-state index contributed by atoms with van der Waals surface area (Å²) < 4.78 is 4.96. The summed E-state index contributed by atoms with van der Waals surface area (Å²) in [7, 11) is 1.68. The van der Waals surface area contributed by atoms with Crippen LogP contribution in [0.5, 0.6) is 0 Å². The van der Waals surface area contributed by atoms with Crippen LogP contribution in [0.25, 0.3) is 0 Å². The van der Waals surface area contributed by atoms with Gasteiger partial charge in [-0.15, -0.1) is 0 Å². The maximum atomic E-state index is 5.90. The van der Waals surface area contributed by atoms with Crippen molar-refractivity contribution in [2.24, 2.45) is 0 Å². The molecule has 0 aliphatic heterocycles. The Morgan fingerprint density at radius 3 is 2.62 bits per heavy atom. The first-order valence-electron chi connectivity index (χ1n) is 5.36. The van der Waals surface area contributed by atoms with Crippen molar-refractivity contribution in [3.8, 4) is 0 Å². The summed E-state index contributed by atoms with van der Waals surface area (Å²) in [4.78, 5) is 8.15. The quantitative estimate of drug-likeness (QED) is 0.599. The lowest BCUT2D eigenvalue weighted by atomic mass is 10.4. The standard InChI is InChI=1S/C10H19N5O/c1-3-12-9-8(11)10(15-7-14-9)13-5-4-6-16-2/h7H,3-6,11H2,1-2H3,(H2,12,13,14,15). The summed E-state index contributed by atoms with van der Waals surface area (Å²) in [5.74, 6) is 1.34. The molecule has 0 saturated carbocycles. The Morgan fingerprint density at radius 2 is 2.00 bits per heavy atom. The van der Waals surface area contributed by atoms with Crippen LogP contribution in [-0.4, -0.2) is 36.8 Å². The van der Waals surface area contributed by atoms with Crippen molar-refractivity contribution in [3.05, 3.63) is 6.33 Å². The van der Waals surface area contributed by atoms with Crippen LogP contribution in [0, 0.1) is 0 Å². The summed E-state index contributed by atoms with van der Waals surface area (Å²) in [5.41, 5.74) is 6.46. The van der Waals surface area contributed by atoms with E-state index in [0.717, 1.165) is 26.1 Å². The number of hydrogen-bond donors (Lipinski definition) is 3. The summed E-state index contributed by atoms with van der Waals surface area (Å²) in [6.07, 6.45) is 2.41. The maximum Gasteiger partial charge on any atom is 0.154 e. The highest BCUT2D eigenvalue weighted by Crippen LogP contribution is 2.21. The van der Waals surface area contributed by atoms with Crippen molar-refractivity contribution in [1.29, 1.82) is 0 Å². The number of aromatic nitrogens is 2. The van der Waals surface area contributed by atoms with Crippen LogP contribution < -0.4 is 16.4 Å². The van der Waals surface area contributed by atoms with Crippen molar-refractivity contribution in [3.63, 3.8) is 0 Å². The number of ether oxygens (including phenoxy) is 1. The smallest absolute Gasteiger partial charge is 0.154 e. The molecular weight excluding hydrogens is 206 g/mol. The van der Waals surface area contributed by atoms with Gasteiger partial charge in [-0.05, 0) is 13.3 Å². The van der Waals surface area contributed by atoms with Gasteiger partial charge >= 0.3 is 0 Å². The Morgan fingerprint density at radius 1 is 1.31 bits per heavy atom. The van der Waals surface area contributed by atoms with Crippen LogP contribution in [-0.2, 0) is 4.74 Å². The van der Waals surface area contributed by atoms with Gasteiger partial charge in [0.25, 0.3) is 0 Å². The van der Waals surface area contributed by atoms with E-state index in [2.05, 4.69) is 20.6 Å². The maximum absolute atomic E-state index is 5.90. The number of nitrogens with one attached hydrogen (secondary N) is 2. The number of nitrogens with zero attached hydrogens (tertiary/aromatic N) is 2. The fraction of sp³-hybridized carbons (Fsp3) is 0.600. The van der Waals surface area contributed by atoms with Gasteiger partial charge in [-0.1, -0.05) is 0 Å². The Kier molecular flexibility index (Phi) is 5.35. The minimum atomic E-state index is 0.557. The lowest BCUT2D eigenvalue weighted by Crippen LogP contribution is -2.11. The van der Waals surface area contributed by atoms with Gasteiger partial charge in [0.2, 0.25) is 0 Å². The second-order valence-electron chi connectivity index (χ2n) is 3.29. The SMILES string of the molecule is CCNc1ncnc(NCCCOC)c1N. The van der Waals surface area contributed by atoms with Gasteiger partial charge in [0, 0.05) is 26.8 Å². The zero-order valence-corrected chi connectivity index (χ0v) is 9.79. The zero-order chi connectivity index (χ0) is 11.8. The first kappa shape index (κ1) is 12.5. The van der Waals surface area contributed by atoms with E-state index in [0.29, 0.717) is 17.3 Å². The van der Waals surface area contributed by atoms with Gasteiger partial charge in [-0.3, -0.25) is 0 Å². The van der Waals surface area contributed by atoms with Crippen LogP contribution in [0.3, 0.4) is 0 Å². The normalized spacial score (nSPS) is 10.1. The van der Waals surface area contributed by atoms with Gasteiger partial charge in [-0.25, -0.2) is 9.97 Å². The molecule has 0 bridgehead atoms. The molecule has 1 aromatic rings. The number of rotatable bonds is 7. The molecule has 0 spiro atoms. The van der Waals surface area contributed by atoms with E-state index in [1.165, 1.54) is 6.33 Å². The Bertz CT molecular complexity index is 318. The van der Waals surface area contributed by atoms with Crippen LogP contribution >= 0.6 is 0 Å². The molecule has 0 amide bonds. The van der Waals surface area contributed by atoms with Gasteiger partial charge < -0.3 is 21.1 Å². The molecule has 0 atom stereocenters. The fourth-order valence-electron chi connectivity index (χ4n) is 1.27. The predicted molar refractivity (Wildman–Crippen MR) is 65.6 cm³/mol. The summed E-state index contributed by atoms with van der Waals surface area (Å²) in [6, 6.07) is 0. The van der Waals surface area contributed by atoms with E-state index in [1.54, 1.807) is 7.11 Å². The lowest BCUT2D eigenvalue weighted by Gasteiger charge is -2.11. The van der Waals surface area contributed by atoms with Crippen LogP contribution in [0.2, 0.25) is 0 Å². The Labute approximate surface area is 95.6 Å². The minimum absolute atomic E-state index is 0.557. The molecule has 0 unspecified atom stereocenters. The predicted octanol–water partition coefficient (Wildman–Crippen LogP) is 0.939. The fourth-order valence-corrected chi connectivity index (χ4v) is 1.27.